The van der Waals surface area contributed by atoms with Crippen LogP contribution in [-0.4, -0.2) is 49.2 Å². The van der Waals surface area contributed by atoms with Crippen molar-refractivity contribution in [3.05, 3.63) is 22.3 Å². The molecule has 0 atom stereocenters. The standard InChI is InChI=1S/C13H20Cl2N4/c14-11-9-12(15)13(17-10-11)19-6-2-5-18(7-8-19)4-1-3-16/h9-10H,1-8,16H2. The highest BCUT2D eigenvalue weighted by molar-refractivity contribution is 6.36. The van der Waals surface area contributed by atoms with Crippen molar-refractivity contribution in [1.29, 1.82) is 0 Å². The van der Waals surface area contributed by atoms with Gasteiger partial charge in [-0.15, -0.1) is 0 Å². The van der Waals surface area contributed by atoms with Crippen LogP contribution in [0.25, 0.3) is 0 Å². The molecule has 2 rings (SSSR count). The molecule has 0 unspecified atom stereocenters. The van der Waals surface area contributed by atoms with Gasteiger partial charge in [0.05, 0.1) is 10.0 Å². The number of hydrogen-bond donors (Lipinski definition) is 1. The zero-order valence-electron chi connectivity index (χ0n) is 11.0. The quantitative estimate of drug-likeness (QED) is 0.926. The number of nitrogens with zero attached hydrogens (tertiary/aromatic N) is 3. The fourth-order valence-electron chi connectivity index (χ4n) is 2.36. The van der Waals surface area contributed by atoms with Gasteiger partial charge < -0.3 is 15.5 Å². The topological polar surface area (TPSA) is 45.4 Å². The van der Waals surface area contributed by atoms with E-state index in [9.17, 15) is 0 Å². The highest BCUT2D eigenvalue weighted by Gasteiger charge is 2.17. The number of pyridine rings is 1. The molecule has 1 aromatic heterocycles. The molecule has 0 spiro atoms. The van der Waals surface area contributed by atoms with Gasteiger partial charge in [0.25, 0.3) is 0 Å². The molecule has 0 amide bonds. The minimum Gasteiger partial charge on any atom is -0.354 e. The Balaban J connectivity index is 1.98. The lowest BCUT2D eigenvalue weighted by molar-refractivity contribution is 0.291. The van der Waals surface area contributed by atoms with Crippen LogP contribution in [0.4, 0.5) is 5.82 Å². The van der Waals surface area contributed by atoms with Crippen LogP contribution < -0.4 is 10.6 Å². The van der Waals surface area contributed by atoms with Gasteiger partial charge in [-0.25, -0.2) is 4.98 Å². The highest BCUT2D eigenvalue weighted by atomic mass is 35.5. The average Bonchev–Trinajstić information content (AvgIpc) is 2.62. The summed E-state index contributed by atoms with van der Waals surface area (Å²) in [4.78, 5) is 9.05. The molecule has 1 aliphatic heterocycles. The lowest BCUT2D eigenvalue weighted by Crippen LogP contribution is -2.32. The number of hydrogen-bond acceptors (Lipinski definition) is 4. The molecule has 1 aromatic rings. The summed E-state index contributed by atoms with van der Waals surface area (Å²) in [6.07, 6.45) is 3.82. The predicted octanol–water partition coefficient (Wildman–Crippen LogP) is 2.25. The second-order valence-electron chi connectivity index (χ2n) is 4.78. The third kappa shape index (κ3) is 4.21. The predicted molar refractivity (Wildman–Crippen MR) is 81.2 cm³/mol. The van der Waals surface area contributed by atoms with Crippen LogP contribution in [0.3, 0.4) is 0 Å². The van der Waals surface area contributed by atoms with Gasteiger partial charge in [-0.2, -0.15) is 0 Å². The van der Waals surface area contributed by atoms with Gasteiger partial charge in [-0.05, 0) is 38.5 Å². The lowest BCUT2D eigenvalue weighted by Gasteiger charge is -2.23. The molecule has 19 heavy (non-hydrogen) atoms. The van der Waals surface area contributed by atoms with Crippen LogP contribution in [0, 0.1) is 0 Å². The zero-order valence-corrected chi connectivity index (χ0v) is 12.5. The van der Waals surface area contributed by atoms with Gasteiger partial charge >= 0.3 is 0 Å². The van der Waals surface area contributed by atoms with Crippen LogP contribution in [0.1, 0.15) is 12.8 Å². The molecule has 4 nitrogen and oxygen atoms in total. The summed E-state index contributed by atoms with van der Waals surface area (Å²) in [6, 6.07) is 1.75. The summed E-state index contributed by atoms with van der Waals surface area (Å²) in [7, 11) is 0. The van der Waals surface area contributed by atoms with Gasteiger partial charge in [0.1, 0.15) is 5.82 Å². The SMILES string of the molecule is NCCCN1CCCN(c2ncc(Cl)cc2Cl)CC1. The summed E-state index contributed by atoms with van der Waals surface area (Å²) in [5.74, 6) is 0.840. The molecule has 2 N–H and O–H groups in total. The summed E-state index contributed by atoms with van der Waals surface area (Å²) in [5.41, 5.74) is 5.56. The molecule has 6 heteroatoms. The average molecular weight is 303 g/mol. The normalized spacial score (nSPS) is 17.5. The summed E-state index contributed by atoms with van der Waals surface area (Å²) in [5, 5.41) is 1.20. The van der Waals surface area contributed by atoms with Crippen LogP contribution in [0.15, 0.2) is 12.3 Å². The molecule has 0 saturated carbocycles. The van der Waals surface area contributed by atoms with Crippen molar-refractivity contribution < 1.29 is 0 Å². The third-order valence-corrected chi connectivity index (χ3v) is 3.84. The van der Waals surface area contributed by atoms with Crippen molar-refractivity contribution >= 4 is 29.0 Å². The van der Waals surface area contributed by atoms with Gasteiger partial charge in [0, 0.05) is 25.8 Å². The van der Waals surface area contributed by atoms with E-state index in [0.29, 0.717) is 10.0 Å². The molecular formula is C13H20Cl2N4. The molecule has 0 bridgehead atoms. The van der Waals surface area contributed by atoms with E-state index >= 15 is 0 Å². The van der Waals surface area contributed by atoms with Crippen LogP contribution in [0.2, 0.25) is 10.0 Å². The van der Waals surface area contributed by atoms with E-state index in [1.807, 2.05) is 0 Å². The van der Waals surface area contributed by atoms with Crippen LogP contribution >= 0.6 is 23.2 Å². The van der Waals surface area contributed by atoms with E-state index < -0.39 is 0 Å². The Labute approximate surface area is 124 Å². The van der Waals surface area contributed by atoms with Gasteiger partial charge in [0.15, 0.2) is 0 Å². The van der Waals surface area contributed by atoms with Crippen molar-refractivity contribution in [3.63, 3.8) is 0 Å². The Morgan fingerprint density at radius 2 is 2.05 bits per heavy atom. The first-order chi connectivity index (χ1) is 9.20. The van der Waals surface area contributed by atoms with Crippen molar-refractivity contribution in [1.82, 2.24) is 9.88 Å². The number of anilines is 1. The number of rotatable bonds is 4. The Bertz CT molecular complexity index is 414. The first kappa shape index (κ1) is 14.9. The van der Waals surface area contributed by atoms with Gasteiger partial charge in [-0.3, -0.25) is 0 Å². The Kier molecular flexibility index (Phi) is 5.70. The summed E-state index contributed by atoms with van der Waals surface area (Å²) in [6.45, 7) is 5.89. The largest absolute Gasteiger partial charge is 0.354 e. The Hall–Kier alpha value is -0.550. The van der Waals surface area contributed by atoms with Crippen molar-refractivity contribution in [2.24, 2.45) is 5.73 Å². The first-order valence-corrected chi connectivity index (χ1v) is 7.44. The molecular weight excluding hydrogens is 283 g/mol. The minimum absolute atomic E-state index is 0.577. The van der Waals surface area contributed by atoms with E-state index in [1.54, 1.807) is 12.3 Å². The fourth-order valence-corrected chi connectivity index (χ4v) is 2.86. The maximum Gasteiger partial charge on any atom is 0.147 e. The second kappa shape index (κ2) is 7.29. The minimum atomic E-state index is 0.577. The van der Waals surface area contributed by atoms with Crippen LogP contribution in [0.5, 0.6) is 0 Å². The maximum atomic E-state index is 6.22. The fraction of sp³-hybridized carbons (Fsp3) is 0.615. The first-order valence-electron chi connectivity index (χ1n) is 6.69. The number of aromatic nitrogens is 1. The van der Waals surface area contributed by atoms with Crippen molar-refractivity contribution in [3.8, 4) is 0 Å². The monoisotopic (exact) mass is 302 g/mol. The molecule has 1 aliphatic rings. The molecule has 0 radical (unpaired) electrons. The summed E-state index contributed by atoms with van der Waals surface area (Å²) >= 11 is 12.1. The number of halogens is 2. The molecule has 106 valence electrons. The molecule has 2 heterocycles. The molecule has 0 aromatic carbocycles. The Morgan fingerprint density at radius 3 is 2.79 bits per heavy atom. The van der Waals surface area contributed by atoms with Crippen LogP contribution in [-0.2, 0) is 0 Å². The van der Waals surface area contributed by atoms with Gasteiger partial charge in [-0.1, -0.05) is 23.2 Å². The highest BCUT2D eigenvalue weighted by Crippen LogP contribution is 2.26. The maximum absolute atomic E-state index is 6.22. The Morgan fingerprint density at radius 1 is 1.21 bits per heavy atom. The van der Waals surface area contributed by atoms with E-state index in [0.717, 1.165) is 57.9 Å². The lowest BCUT2D eigenvalue weighted by atomic mass is 10.3. The zero-order chi connectivity index (χ0) is 13.7. The van der Waals surface area contributed by atoms with E-state index in [4.69, 9.17) is 28.9 Å². The molecule has 0 aliphatic carbocycles. The third-order valence-electron chi connectivity index (χ3n) is 3.35. The number of nitrogens with two attached hydrogens (primary N) is 1. The second-order valence-corrected chi connectivity index (χ2v) is 5.63. The molecule has 1 saturated heterocycles. The van der Waals surface area contributed by atoms with E-state index in [1.165, 1.54) is 0 Å². The van der Waals surface area contributed by atoms with E-state index in [-0.39, 0.29) is 0 Å². The van der Waals surface area contributed by atoms with Gasteiger partial charge in [0.2, 0.25) is 0 Å². The van der Waals surface area contributed by atoms with Crippen molar-refractivity contribution in [2.75, 3.05) is 44.2 Å². The molecule has 1 fully saturated rings. The van der Waals surface area contributed by atoms with Crippen molar-refractivity contribution in [2.45, 2.75) is 12.8 Å². The van der Waals surface area contributed by atoms with E-state index in [2.05, 4.69) is 14.8 Å². The summed E-state index contributed by atoms with van der Waals surface area (Å²) < 4.78 is 0. The smallest absolute Gasteiger partial charge is 0.147 e.